The normalized spacial score (nSPS) is 10.7. The van der Waals surface area contributed by atoms with Gasteiger partial charge >= 0.3 is 0 Å². The summed E-state index contributed by atoms with van der Waals surface area (Å²) in [7, 11) is 0. The van der Waals surface area contributed by atoms with E-state index in [4.69, 9.17) is 0 Å². The Bertz CT molecular complexity index is 193. The molecule has 9 heavy (non-hydrogen) atoms. The van der Waals surface area contributed by atoms with Crippen molar-refractivity contribution in [3.63, 3.8) is 0 Å². The number of halogens is 1. The molecule has 0 N–H and O–H groups in total. The average molecular weight is 128 g/mol. The molecule has 3 heteroatoms. The van der Waals surface area contributed by atoms with Gasteiger partial charge in [-0.05, 0) is 5.92 Å². The van der Waals surface area contributed by atoms with E-state index < -0.39 is 0 Å². The zero-order chi connectivity index (χ0) is 6.85. The minimum atomic E-state index is 0.307. The lowest BCUT2D eigenvalue weighted by atomic mass is 10.2. The third-order valence-electron chi connectivity index (χ3n) is 1.16. The predicted octanol–water partition coefficient (Wildman–Crippen LogP) is 1.74. The summed E-state index contributed by atoms with van der Waals surface area (Å²) in [6.45, 7) is 3.95. The van der Waals surface area contributed by atoms with E-state index in [2.05, 4.69) is 4.98 Å². The van der Waals surface area contributed by atoms with Gasteiger partial charge in [-0.25, -0.2) is 4.98 Å². The van der Waals surface area contributed by atoms with E-state index in [1.807, 2.05) is 13.8 Å². The Morgan fingerprint density at radius 3 is 2.56 bits per heavy atom. The lowest BCUT2D eigenvalue weighted by molar-refractivity contribution is 0.368. The first kappa shape index (κ1) is 6.26. The van der Waals surface area contributed by atoms with Crippen molar-refractivity contribution in [2.24, 2.45) is 0 Å². The van der Waals surface area contributed by atoms with Crippen LogP contribution in [0.5, 0.6) is 0 Å². The van der Waals surface area contributed by atoms with Crippen molar-refractivity contribution >= 4 is 0 Å². The zero-order valence-corrected chi connectivity index (χ0v) is 5.50. The number of hydrogen-bond acceptors (Lipinski definition) is 1. The quantitative estimate of drug-likeness (QED) is 0.563. The van der Waals surface area contributed by atoms with E-state index >= 15 is 0 Å². The molecule has 1 heterocycles. The van der Waals surface area contributed by atoms with Crippen LogP contribution >= 0.6 is 0 Å². The van der Waals surface area contributed by atoms with E-state index in [9.17, 15) is 4.48 Å². The molecule has 50 valence electrons. The summed E-state index contributed by atoms with van der Waals surface area (Å²) in [5, 5.41) is 0. The summed E-state index contributed by atoms with van der Waals surface area (Å²) >= 11 is 0. The molecule has 0 aliphatic carbocycles. The van der Waals surface area contributed by atoms with Gasteiger partial charge in [0, 0.05) is 0 Å². The summed E-state index contributed by atoms with van der Waals surface area (Å²) in [6, 6.07) is 0. The van der Waals surface area contributed by atoms with E-state index in [1.165, 1.54) is 6.20 Å². The summed E-state index contributed by atoms with van der Waals surface area (Å²) in [5.41, 5.74) is 0.789. The molecule has 1 aromatic heterocycles. The molecule has 0 spiro atoms. The van der Waals surface area contributed by atoms with Crippen molar-refractivity contribution in [2.75, 3.05) is 0 Å². The van der Waals surface area contributed by atoms with Crippen LogP contribution in [-0.4, -0.2) is 9.77 Å². The molecule has 1 aromatic rings. The number of hydrogen-bond donors (Lipinski definition) is 0. The lowest BCUT2D eigenvalue weighted by Gasteiger charge is -1.94. The molecule has 0 fully saturated rings. The van der Waals surface area contributed by atoms with Crippen LogP contribution in [-0.2, 0) is 0 Å². The molecule has 0 aliphatic rings. The van der Waals surface area contributed by atoms with Crippen molar-refractivity contribution < 1.29 is 4.48 Å². The largest absolute Gasteiger partial charge is 0.239 e. The minimum absolute atomic E-state index is 0.307. The van der Waals surface area contributed by atoms with Crippen molar-refractivity contribution in [3.8, 4) is 0 Å². The summed E-state index contributed by atoms with van der Waals surface area (Å²) in [4.78, 5) is 4.27. The maximum absolute atomic E-state index is 12.1. The van der Waals surface area contributed by atoms with Crippen molar-refractivity contribution in [3.05, 3.63) is 18.2 Å². The first-order chi connectivity index (χ1) is 4.20. The number of nitrogens with zero attached hydrogens (tertiary/aromatic N) is 2. The van der Waals surface area contributed by atoms with Gasteiger partial charge in [-0.15, -0.1) is 0 Å². The molecule has 1 rings (SSSR count). The third-order valence-corrected chi connectivity index (χ3v) is 1.16. The van der Waals surface area contributed by atoms with E-state index in [1.54, 1.807) is 0 Å². The maximum Gasteiger partial charge on any atom is 0.126 e. The Balaban J connectivity index is 2.85. The highest BCUT2D eigenvalue weighted by molar-refractivity contribution is 5.00. The van der Waals surface area contributed by atoms with Crippen molar-refractivity contribution in [1.82, 2.24) is 9.77 Å². The Kier molecular flexibility index (Phi) is 1.51. The molecule has 0 saturated heterocycles. The van der Waals surface area contributed by atoms with Crippen LogP contribution in [0.2, 0.25) is 0 Å². The molecule has 0 bridgehead atoms. The van der Waals surface area contributed by atoms with Gasteiger partial charge in [-0.1, -0.05) is 18.3 Å². The van der Waals surface area contributed by atoms with Crippen LogP contribution in [0.4, 0.5) is 4.48 Å². The molecular weight excluding hydrogens is 119 g/mol. The molecule has 0 amide bonds. The topological polar surface area (TPSA) is 17.8 Å². The second kappa shape index (κ2) is 2.17. The van der Waals surface area contributed by atoms with Gasteiger partial charge in [-0.2, -0.15) is 4.79 Å². The SMILES string of the molecule is CC(C)c1cn(F)cn1. The molecular formula is C6H9FN2. The minimum Gasteiger partial charge on any atom is -0.239 e. The number of imidazole rings is 1. The Labute approximate surface area is 53.3 Å². The lowest BCUT2D eigenvalue weighted by Crippen LogP contribution is -1.84. The van der Waals surface area contributed by atoms with E-state index in [0.29, 0.717) is 10.7 Å². The highest BCUT2D eigenvalue weighted by Gasteiger charge is 2.00. The highest BCUT2D eigenvalue weighted by Crippen LogP contribution is 2.09. The Hall–Kier alpha value is -0.860. The second-order valence-corrected chi connectivity index (χ2v) is 2.30. The van der Waals surface area contributed by atoms with Gasteiger partial charge in [0.25, 0.3) is 0 Å². The fourth-order valence-corrected chi connectivity index (χ4v) is 0.613. The highest BCUT2D eigenvalue weighted by atomic mass is 19.2. The third kappa shape index (κ3) is 1.28. The monoisotopic (exact) mass is 128 g/mol. The Morgan fingerprint density at radius 1 is 1.67 bits per heavy atom. The fraction of sp³-hybridized carbons (Fsp3) is 0.500. The van der Waals surface area contributed by atoms with E-state index in [0.717, 1.165) is 12.0 Å². The maximum atomic E-state index is 12.1. The van der Waals surface area contributed by atoms with Gasteiger partial charge in [0.2, 0.25) is 0 Å². The first-order valence-electron chi connectivity index (χ1n) is 2.90. The molecule has 0 saturated carbocycles. The number of rotatable bonds is 1. The molecule has 0 aromatic carbocycles. The molecule has 0 aliphatic heterocycles. The van der Waals surface area contributed by atoms with Crippen LogP contribution in [0.3, 0.4) is 0 Å². The molecule has 2 nitrogen and oxygen atoms in total. The second-order valence-electron chi connectivity index (χ2n) is 2.30. The summed E-state index contributed by atoms with van der Waals surface area (Å²) in [6.07, 6.45) is 2.54. The van der Waals surface area contributed by atoms with Crippen LogP contribution in [0.25, 0.3) is 0 Å². The van der Waals surface area contributed by atoms with Gasteiger partial charge in [0.15, 0.2) is 0 Å². The molecule has 0 radical (unpaired) electrons. The van der Waals surface area contributed by atoms with Crippen molar-refractivity contribution in [2.45, 2.75) is 19.8 Å². The van der Waals surface area contributed by atoms with Crippen LogP contribution in [0.1, 0.15) is 25.5 Å². The molecule has 0 atom stereocenters. The van der Waals surface area contributed by atoms with Gasteiger partial charge in [0.1, 0.15) is 6.33 Å². The average Bonchev–Trinajstić information content (AvgIpc) is 2.14. The smallest absolute Gasteiger partial charge is 0.126 e. The van der Waals surface area contributed by atoms with Gasteiger partial charge in [0.05, 0.1) is 11.9 Å². The van der Waals surface area contributed by atoms with E-state index in [-0.39, 0.29) is 0 Å². The van der Waals surface area contributed by atoms with Gasteiger partial charge < -0.3 is 0 Å². The van der Waals surface area contributed by atoms with Crippen LogP contribution in [0, 0.1) is 0 Å². The first-order valence-corrected chi connectivity index (χ1v) is 2.90. The summed E-state index contributed by atoms with van der Waals surface area (Å²) < 4.78 is 12.1. The fourth-order valence-electron chi connectivity index (χ4n) is 0.613. The standard InChI is InChI=1S/C6H9FN2/c1-5(2)6-3-9(7)4-8-6/h3-5H,1-2H3. The predicted molar refractivity (Wildman–Crippen MR) is 32.8 cm³/mol. The van der Waals surface area contributed by atoms with Crippen molar-refractivity contribution in [1.29, 1.82) is 0 Å². The molecule has 0 unspecified atom stereocenters. The number of aromatic nitrogens is 2. The zero-order valence-electron chi connectivity index (χ0n) is 5.50. The van der Waals surface area contributed by atoms with Crippen LogP contribution < -0.4 is 0 Å². The van der Waals surface area contributed by atoms with Gasteiger partial charge in [-0.3, -0.25) is 0 Å². The Morgan fingerprint density at radius 2 is 2.33 bits per heavy atom. The summed E-state index contributed by atoms with van der Waals surface area (Å²) in [5.74, 6) is 0.307. The van der Waals surface area contributed by atoms with Crippen LogP contribution in [0.15, 0.2) is 12.5 Å².